The summed E-state index contributed by atoms with van der Waals surface area (Å²) in [4.78, 5) is 12.5. The van der Waals surface area contributed by atoms with Crippen LogP contribution >= 0.6 is 0 Å². The van der Waals surface area contributed by atoms with Gasteiger partial charge in [-0.2, -0.15) is 0 Å². The lowest BCUT2D eigenvalue weighted by molar-refractivity contribution is 0.838. The maximum atomic E-state index is 12.5. The summed E-state index contributed by atoms with van der Waals surface area (Å²) in [5.74, 6) is 0. The SMILES string of the molecule is C=c1[nH]n(-c2ccccc2)c(=O)c1=Cc1ccc(N)cc1. The summed E-state index contributed by atoms with van der Waals surface area (Å²) in [7, 11) is 0. The predicted molar refractivity (Wildman–Crippen MR) is 85.6 cm³/mol. The molecule has 3 aromatic rings. The summed E-state index contributed by atoms with van der Waals surface area (Å²) in [5.41, 5.74) is 7.92. The van der Waals surface area contributed by atoms with E-state index in [0.717, 1.165) is 11.3 Å². The zero-order valence-electron chi connectivity index (χ0n) is 11.4. The molecule has 0 bridgehead atoms. The molecule has 0 aliphatic carbocycles. The Balaban J connectivity index is 2.17. The fourth-order valence-electron chi connectivity index (χ4n) is 2.16. The molecule has 1 aromatic heterocycles. The van der Waals surface area contributed by atoms with E-state index < -0.39 is 0 Å². The average Bonchev–Trinajstić information content (AvgIpc) is 2.78. The van der Waals surface area contributed by atoms with Crippen LogP contribution in [0.15, 0.2) is 59.4 Å². The lowest BCUT2D eigenvalue weighted by Gasteiger charge is -1.98. The molecule has 104 valence electrons. The fraction of sp³-hybridized carbons (Fsp3) is 0. The Morgan fingerprint density at radius 2 is 1.71 bits per heavy atom. The van der Waals surface area contributed by atoms with Gasteiger partial charge in [0.15, 0.2) is 0 Å². The molecule has 0 radical (unpaired) electrons. The number of nitrogens with one attached hydrogen (secondary N) is 1. The number of nitrogen functional groups attached to an aromatic ring is 1. The van der Waals surface area contributed by atoms with E-state index in [4.69, 9.17) is 5.73 Å². The van der Waals surface area contributed by atoms with Crippen LogP contribution in [-0.4, -0.2) is 9.78 Å². The molecular formula is C17H15N3O. The Morgan fingerprint density at radius 3 is 2.38 bits per heavy atom. The van der Waals surface area contributed by atoms with Crippen LogP contribution in [0.5, 0.6) is 0 Å². The number of anilines is 1. The molecule has 3 rings (SSSR count). The Bertz CT molecular complexity index is 919. The molecule has 0 fully saturated rings. The first-order valence-corrected chi connectivity index (χ1v) is 6.58. The van der Waals surface area contributed by atoms with Gasteiger partial charge >= 0.3 is 0 Å². The molecule has 0 aliphatic heterocycles. The van der Waals surface area contributed by atoms with Crippen LogP contribution in [0, 0.1) is 0 Å². The first kappa shape index (κ1) is 13.0. The van der Waals surface area contributed by atoms with Crippen molar-refractivity contribution in [3.8, 4) is 5.69 Å². The summed E-state index contributed by atoms with van der Waals surface area (Å²) < 4.78 is 1.49. The highest BCUT2D eigenvalue weighted by atomic mass is 16.1. The summed E-state index contributed by atoms with van der Waals surface area (Å²) in [6.07, 6.45) is 1.81. The van der Waals surface area contributed by atoms with Crippen molar-refractivity contribution in [3.63, 3.8) is 0 Å². The molecule has 21 heavy (non-hydrogen) atoms. The first-order chi connectivity index (χ1) is 10.1. The Kier molecular flexibility index (Phi) is 3.20. The van der Waals surface area contributed by atoms with Gasteiger partial charge in [0.25, 0.3) is 5.56 Å². The average molecular weight is 277 g/mol. The van der Waals surface area contributed by atoms with Crippen LogP contribution in [0.25, 0.3) is 18.3 Å². The van der Waals surface area contributed by atoms with E-state index in [0.29, 0.717) is 16.3 Å². The lowest BCUT2D eigenvalue weighted by Crippen LogP contribution is -2.33. The largest absolute Gasteiger partial charge is 0.399 e. The lowest BCUT2D eigenvalue weighted by atomic mass is 10.2. The maximum Gasteiger partial charge on any atom is 0.279 e. The Morgan fingerprint density at radius 1 is 1.05 bits per heavy atom. The Hall–Kier alpha value is -3.01. The third kappa shape index (κ3) is 2.51. The van der Waals surface area contributed by atoms with E-state index >= 15 is 0 Å². The van der Waals surface area contributed by atoms with E-state index in [2.05, 4.69) is 11.7 Å². The number of benzene rings is 2. The zero-order valence-corrected chi connectivity index (χ0v) is 11.4. The van der Waals surface area contributed by atoms with Gasteiger partial charge < -0.3 is 5.73 Å². The van der Waals surface area contributed by atoms with Gasteiger partial charge in [-0.3, -0.25) is 9.89 Å². The van der Waals surface area contributed by atoms with Crippen molar-refractivity contribution in [2.24, 2.45) is 0 Å². The van der Waals surface area contributed by atoms with Crippen molar-refractivity contribution in [2.45, 2.75) is 0 Å². The normalized spacial score (nSPS) is 11.7. The number of aromatic nitrogens is 2. The topological polar surface area (TPSA) is 63.8 Å². The van der Waals surface area contributed by atoms with Gasteiger partial charge in [-0.25, -0.2) is 4.68 Å². The van der Waals surface area contributed by atoms with Crippen molar-refractivity contribution in [1.29, 1.82) is 0 Å². The van der Waals surface area contributed by atoms with E-state index in [1.54, 1.807) is 18.2 Å². The highest BCUT2D eigenvalue weighted by Crippen LogP contribution is 2.05. The van der Waals surface area contributed by atoms with Gasteiger partial charge in [0.2, 0.25) is 0 Å². The molecular weight excluding hydrogens is 262 g/mol. The second-order valence-corrected chi connectivity index (χ2v) is 4.79. The molecule has 0 amide bonds. The van der Waals surface area contributed by atoms with Crippen molar-refractivity contribution in [3.05, 3.63) is 81.1 Å². The van der Waals surface area contributed by atoms with Crippen LogP contribution in [-0.2, 0) is 0 Å². The smallest absolute Gasteiger partial charge is 0.279 e. The molecule has 0 unspecified atom stereocenters. The van der Waals surface area contributed by atoms with Gasteiger partial charge in [0, 0.05) is 5.69 Å². The highest BCUT2D eigenvalue weighted by molar-refractivity contribution is 5.53. The number of H-pyrrole nitrogens is 1. The fourth-order valence-corrected chi connectivity index (χ4v) is 2.16. The van der Waals surface area contributed by atoms with E-state index in [-0.39, 0.29) is 5.56 Å². The number of hydrogen-bond donors (Lipinski definition) is 2. The molecule has 3 N–H and O–H groups in total. The van der Waals surface area contributed by atoms with Gasteiger partial charge in [0.1, 0.15) is 0 Å². The van der Waals surface area contributed by atoms with E-state index in [9.17, 15) is 4.79 Å². The van der Waals surface area contributed by atoms with Crippen LogP contribution in [0.3, 0.4) is 0 Å². The number of nitrogens with zero attached hydrogens (tertiary/aromatic N) is 1. The molecule has 0 saturated heterocycles. The molecule has 0 saturated carbocycles. The summed E-state index contributed by atoms with van der Waals surface area (Å²) in [5, 5.41) is 4.13. The Labute approximate surface area is 121 Å². The molecule has 2 aromatic carbocycles. The van der Waals surface area contributed by atoms with Gasteiger partial charge in [-0.15, -0.1) is 0 Å². The zero-order chi connectivity index (χ0) is 14.8. The summed E-state index contributed by atoms with van der Waals surface area (Å²) in [6, 6.07) is 16.7. The number of rotatable bonds is 2. The van der Waals surface area contributed by atoms with Gasteiger partial charge in [0.05, 0.1) is 16.3 Å². The van der Waals surface area contributed by atoms with Gasteiger partial charge in [-0.05, 0) is 35.9 Å². The quantitative estimate of drug-likeness (QED) is 0.686. The van der Waals surface area contributed by atoms with Crippen molar-refractivity contribution in [1.82, 2.24) is 9.78 Å². The van der Waals surface area contributed by atoms with Crippen LogP contribution in [0.2, 0.25) is 0 Å². The third-order valence-corrected chi connectivity index (χ3v) is 3.27. The first-order valence-electron chi connectivity index (χ1n) is 6.58. The summed E-state index contributed by atoms with van der Waals surface area (Å²) in [6.45, 7) is 3.91. The number of nitrogens with two attached hydrogens (primary N) is 1. The standard InChI is InChI=1S/C17H15N3O/c1-12-16(11-13-7-9-14(18)10-8-13)17(21)20(19-12)15-5-3-2-4-6-15/h2-11,19H,1,18H2. The molecule has 4 heteroatoms. The molecule has 0 aliphatic rings. The van der Waals surface area contributed by atoms with Crippen molar-refractivity contribution >= 4 is 18.3 Å². The number of para-hydroxylation sites is 1. The van der Waals surface area contributed by atoms with E-state index in [1.807, 2.05) is 42.5 Å². The maximum absolute atomic E-state index is 12.5. The van der Waals surface area contributed by atoms with E-state index in [1.165, 1.54) is 4.68 Å². The second-order valence-electron chi connectivity index (χ2n) is 4.79. The molecule has 4 nitrogen and oxygen atoms in total. The van der Waals surface area contributed by atoms with Crippen molar-refractivity contribution < 1.29 is 0 Å². The molecule has 0 atom stereocenters. The third-order valence-electron chi connectivity index (χ3n) is 3.27. The minimum atomic E-state index is -0.122. The van der Waals surface area contributed by atoms with Crippen molar-refractivity contribution in [2.75, 3.05) is 5.73 Å². The number of aromatic amines is 1. The molecule has 0 spiro atoms. The monoisotopic (exact) mass is 277 g/mol. The number of hydrogen-bond acceptors (Lipinski definition) is 2. The van der Waals surface area contributed by atoms with Crippen LogP contribution in [0.1, 0.15) is 5.56 Å². The highest BCUT2D eigenvalue weighted by Gasteiger charge is 2.03. The minimum absolute atomic E-state index is 0.122. The minimum Gasteiger partial charge on any atom is -0.399 e. The van der Waals surface area contributed by atoms with Gasteiger partial charge in [-0.1, -0.05) is 36.9 Å². The second kappa shape index (κ2) is 5.17. The van der Waals surface area contributed by atoms with Crippen LogP contribution in [0.4, 0.5) is 5.69 Å². The summed E-state index contributed by atoms with van der Waals surface area (Å²) >= 11 is 0. The van der Waals surface area contributed by atoms with Crippen LogP contribution < -0.4 is 21.9 Å². The molecule has 1 heterocycles. The predicted octanol–water partition coefficient (Wildman–Crippen LogP) is 0.987.